The van der Waals surface area contributed by atoms with Crippen molar-refractivity contribution in [1.29, 1.82) is 0 Å². The SMILES string of the molecule is COc1ccc([C@H](c2nnnn2C[C@H]2CCCO2)N2CCN(Cc3ccccc3)CC2)cc1OC. The number of piperazine rings is 1. The Labute approximate surface area is 206 Å². The highest BCUT2D eigenvalue weighted by Gasteiger charge is 2.32. The molecule has 9 heteroatoms. The monoisotopic (exact) mass is 478 g/mol. The molecular formula is C26H34N6O3. The summed E-state index contributed by atoms with van der Waals surface area (Å²) in [5.74, 6) is 2.25. The van der Waals surface area contributed by atoms with Gasteiger partial charge in [0.2, 0.25) is 0 Å². The largest absolute Gasteiger partial charge is 0.493 e. The zero-order chi connectivity index (χ0) is 24.0. The Morgan fingerprint density at radius 1 is 1.00 bits per heavy atom. The normalized spacial score (nSPS) is 20.1. The van der Waals surface area contributed by atoms with E-state index in [-0.39, 0.29) is 12.1 Å². The van der Waals surface area contributed by atoms with Crippen molar-refractivity contribution in [3.63, 3.8) is 0 Å². The van der Waals surface area contributed by atoms with Crippen LogP contribution in [0.3, 0.4) is 0 Å². The third-order valence-corrected chi connectivity index (χ3v) is 6.95. The van der Waals surface area contributed by atoms with Crippen LogP contribution in [0.2, 0.25) is 0 Å². The van der Waals surface area contributed by atoms with Crippen LogP contribution in [0.1, 0.15) is 35.8 Å². The summed E-state index contributed by atoms with van der Waals surface area (Å²) in [6.45, 7) is 6.23. The van der Waals surface area contributed by atoms with Crippen LogP contribution in [0.15, 0.2) is 48.5 Å². The Bertz CT molecular complexity index is 1080. The molecule has 1 aromatic heterocycles. The van der Waals surface area contributed by atoms with Crippen molar-refractivity contribution in [2.24, 2.45) is 0 Å². The van der Waals surface area contributed by atoms with Gasteiger partial charge < -0.3 is 14.2 Å². The van der Waals surface area contributed by atoms with E-state index in [2.05, 4.69) is 61.7 Å². The summed E-state index contributed by atoms with van der Waals surface area (Å²) in [7, 11) is 3.32. The van der Waals surface area contributed by atoms with Gasteiger partial charge in [0.25, 0.3) is 0 Å². The van der Waals surface area contributed by atoms with Crippen LogP contribution in [-0.4, -0.2) is 83.1 Å². The zero-order valence-corrected chi connectivity index (χ0v) is 20.5. The van der Waals surface area contributed by atoms with Gasteiger partial charge in [0.1, 0.15) is 0 Å². The first kappa shape index (κ1) is 23.7. The highest BCUT2D eigenvalue weighted by atomic mass is 16.5. The highest BCUT2D eigenvalue weighted by Crippen LogP contribution is 2.35. The van der Waals surface area contributed by atoms with Gasteiger partial charge in [-0.15, -0.1) is 5.10 Å². The minimum Gasteiger partial charge on any atom is -0.493 e. The van der Waals surface area contributed by atoms with Crippen LogP contribution in [0.4, 0.5) is 0 Å². The van der Waals surface area contributed by atoms with Gasteiger partial charge in [-0.1, -0.05) is 36.4 Å². The summed E-state index contributed by atoms with van der Waals surface area (Å²) < 4.78 is 18.9. The first-order chi connectivity index (χ1) is 17.2. The van der Waals surface area contributed by atoms with Crippen molar-refractivity contribution in [1.82, 2.24) is 30.0 Å². The summed E-state index contributed by atoms with van der Waals surface area (Å²) in [5.41, 5.74) is 2.43. The molecule has 0 spiro atoms. The number of methoxy groups -OCH3 is 2. The molecule has 2 aliphatic rings. The number of rotatable bonds is 9. The van der Waals surface area contributed by atoms with Crippen LogP contribution < -0.4 is 9.47 Å². The molecule has 9 nitrogen and oxygen atoms in total. The molecule has 35 heavy (non-hydrogen) atoms. The van der Waals surface area contributed by atoms with Crippen LogP contribution in [0, 0.1) is 0 Å². The molecule has 186 valence electrons. The van der Waals surface area contributed by atoms with Crippen molar-refractivity contribution in [3.8, 4) is 11.5 Å². The van der Waals surface area contributed by atoms with Gasteiger partial charge in [0.15, 0.2) is 17.3 Å². The second-order valence-electron chi connectivity index (χ2n) is 9.17. The van der Waals surface area contributed by atoms with Crippen LogP contribution >= 0.6 is 0 Å². The van der Waals surface area contributed by atoms with Crippen molar-refractivity contribution in [2.75, 3.05) is 47.0 Å². The van der Waals surface area contributed by atoms with E-state index in [4.69, 9.17) is 14.2 Å². The lowest BCUT2D eigenvalue weighted by atomic mass is 10.0. The first-order valence-corrected chi connectivity index (χ1v) is 12.3. The third-order valence-electron chi connectivity index (χ3n) is 6.95. The molecule has 3 heterocycles. The maximum atomic E-state index is 5.88. The van der Waals surface area contributed by atoms with Gasteiger partial charge in [0.05, 0.1) is 32.9 Å². The summed E-state index contributed by atoms with van der Waals surface area (Å²) in [6, 6.07) is 16.7. The van der Waals surface area contributed by atoms with Gasteiger partial charge in [-0.2, -0.15) is 0 Å². The van der Waals surface area contributed by atoms with Crippen molar-refractivity contribution in [3.05, 3.63) is 65.5 Å². The van der Waals surface area contributed by atoms with Crippen LogP contribution in [0.5, 0.6) is 11.5 Å². The lowest BCUT2D eigenvalue weighted by Gasteiger charge is -2.39. The van der Waals surface area contributed by atoms with E-state index >= 15 is 0 Å². The third kappa shape index (κ3) is 5.47. The van der Waals surface area contributed by atoms with E-state index in [1.54, 1.807) is 14.2 Å². The second kappa shape index (κ2) is 11.2. The molecule has 2 saturated heterocycles. The predicted molar refractivity (Wildman–Crippen MR) is 131 cm³/mol. The standard InChI is InChI=1S/C26H34N6O3/c1-33-23-11-10-21(17-24(23)34-2)25(26-27-28-29-32(26)19-22-9-6-16-35-22)31-14-12-30(13-15-31)18-20-7-4-3-5-8-20/h3-5,7-8,10-11,17,22,25H,6,9,12-16,18-19H2,1-2H3/t22-,25-/m1/s1. The Kier molecular flexibility index (Phi) is 7.56. The first-order valence-electron chi connectivity index (χ1n) is 12.3. The molecule has 0 N–H and O–H groups in total. The maximum absolute atomic E-state index is 5.88. The lowest BCUT2D eigenvalue weighted by Crippen LogP contribution is -2.48. The molecule has 0 saturated carbocycles. The fourth-order valence-corrected chi connectivity index (χ4v) is 5.09. The molecule has 0 bridgehead atoms. The number of hydrogen-bond acceptors (Lipinski definition) is 8. The molecule has 0 unspecified atom stereocenters. The number of nitrogens with zero attached hydrogens (tertiary/aromatic N) is 6. The van der Waals surface area contributed by atoms with E-state index in [1.165, 1.54) is 5.56 Å². The summed E-state index contributed by atoms with van der Waals surface area (Å²) in [6.07, 6.45) is 2.29. The van der Waals surface area contributed by atoms with E-state index < -0.39 is 0 Å². The van der Waals surface area contributed by atoms with Crippen molar-refractivity contribution < 1.29 is 14.2 Å². The molecule has 5 rings (SSSR count). The van der Waals surface area contributed by atoms with Gasteiger partial charge in [0, 0.05) is 39.3 Å². The molecule has 2 aliphatic heterocycles. The molecule has 2 aromatic carbocycles. The van der Waals surface area contributed by atoms with E-state index in [0.717, 1.165) is 63.6 Å². The van der Waals surface area contributed by atoms with E-state index in [0.29, 0.717) is 18.0 Å². The number of benzene rings is 2. The smallest absolute Gasteiger partial charge is 0.173 e. The molecule has 2 fully saturated rings. The van der Waals surface area contributed by atoms with E-state index in [1.807, 2.05) is 16.8 Å². The topological polar surface area (TPSA) is 77.8 Å². The fourth-order valence-electron chi connectivity index (χ4n) is 5.09. The van der Waals surface area contributed by atoms with Crippen LogP contribution in [-0.2, 0) is 17.8 Å². The predicted octanol–water partition coefficient (Wildman–Crippen LogP) is 2.78. The lowest BCUT2D eigenvalue weighted by molar-refractivity contribution is 0.0841. The molecular weight excluding hydrogens is 444 g/mol. The van der Waals surface area contributed by atoms with Gasteiger partial charge in [-0.25, -0.2) is 4.68 Å². The van der Waals surface area contributed by atoms with Gasteiger partial charge >= 0.3 is 0 Å². The van der Waals surface area contributed by atoms with E-state index in [9.17, 15) is 0 Å². The second-order valence-corrected chi connectivity index (χ2v) is 9.17. The Balaban J connectivity index is 1.40. The molecule has 0 radical (unpaired) electrons. The van der Waals surface area contributed by atoms with Gasteiger partial charge in [-0.3, -0.25) is 9.80 Å². The van der Waals surface area contributed by atoms with Crippen molar-refractivity contribution in [2.45, 2.75) is 38.1 Å². The number of ether oxygens (including phenoxy) is 3. The van der Waals surface area contributed by atoms with Crippen molar-refractivity contribution >= 4 is 0 Å². The Hall–Kier alpha value is -3.01. The Morgan fingerprint density at radius 2 is 1.80 bits per heavy atom. The van der Waals surface area contributed by atoms with Crippen LogP contribution in [0.25, 0.3) is 0 Å². The van der Waals surface area contributed by atoms with Gasteiger partial charge in [-0.05, 0) is 46.5 Å². The highest BCUT2D eigenvalue weighted by molar-refractivity contribution is 5.45. The molecule has 2 atom stereocenters. The molecule has 3 aromatic rings. The number of aromatic nitrogens is 4. The maximum Gasteiger partial charge on any atom is 0.173 e. The fraction of sp³-hybridized carbons (Fsp3) is 0.500. The summed E-state index contributed by atoms with van der Waals surface area (Å²) in [5, 5.41) is 12.9. The molecule has 0 aliphatic carbocycles. The minimum atomic E-state index is -0.0925. The minimum absolute atomic E-state index is 0.0925. The average molecular weight is 479 g/mol. The number of hydrogen-bond donors (Lipinski definition) is 0. The Morgan fingerprint density at radius 3 is 2.51 bits per heavy atom. The molecule has 0 amide bonds. The zero-order valence-electron chi connectivity index (χ0n) is 20.5. The quantitative estimate of drug-likeness (QED) is 0.465. The summed E-state index contributed by atoms with van der Waals surface area (Å²) in [4.78, 5) is 4.98. The summed E-state index contributed by atoms with van der Waals surface area (Å²) >= 11 is 0. The average Bonchev–Trinajstić information content (AvgIpc) is 3.59. The number of tetrazole rings is 1.